The molecule has 13 heteroatoms. The first kappa shape index (κ1) is 27.3. The second-order valence-electron chi connectivity index (χ2n) is 8.72. The van der Waals surface area contributed by atoms with E-state index in [-0.39, 0.29) is 5.56 Å². The second-order valence-corrected chi connectivity index (χ2v) is 9.13. The summed E-state index contributed by atoms with van der Waals surface area (Å²) in [4.78, 5) is 27.8. The summed E-state index contributed by atoms with van der Waals surface area (Å²) in [6.45, 7) is 3.39. The van der Waals surface area contributed by atoms with Crippen LogP contribution in [0.2, 0.25) is 5.02 Å². The lowest BCUT2D eigenvalue weighted by Gasteiger charge is -2.33. The van der Waals surface area contributed by atoms with Gasteiger partial charge in [-0.15, -0.1) is 0 Å². The van der Waals surface area contributed by atoms with Crippen molar-refractivity contribution >= 4 is 29.2 Å². The van der Waals surface area contributed by atoms with Gasteiger partial charge in [0.25, 0.3) is 5.91 Å². The Hall–Kier alpha value is -3.77. The number of aromatic nitrogens is 2. The minimum atomic E-state index is -4.56. The van der Waals surface area contributed by atoms with Crippen molar-refractivity contribution < 1.29 is 27.5 Å². The van der Waals surface area contributed by atoms with Gasteiger partial charge in [0.05, 0.1) is 22.5 Å². The van der Waals surface area contributed by atoms with Gasteiger partial charge in [-0.05, 0) is 36.4 Å². The number of hydrogen-bond acceptors (Lipinski definition) is 5. The molecule has 38 heavy (non-hydrogen) atoms. The number of hydrogen-bond donors (Lipinski definition) is 2. The van der Waals surface area contributed by atoms with Crippen LogP contribution in [0.15, 0.2) is 48.7 Å². The van der Waals surface area contributed by atoms with Crippen LogP contribution in [-0.4, -0.2) is 70.8 Å². The van der Waals surface area contributed by atoms with Gasteiger partial charge < -0.3 is 20.7 Å². The van der Waals surface area contributed by atoms with Gasteiger partial charge in [-0.3, -0.25) is 14.4 Å². The number of carbonyl (C=O) groups is 2. The highest BCUT2D eigenvalue weighted by Crippen LogP contribution is 2.37. The number of amides is 3. The number of piperazine rings is 1. The van der Waals surface area contributed by atoms with E-state index in [9.17, 15) is 22.8 Å². The van der Waals surface area contributed by atoms with Gasteiger partial charge >= 0.3 is 12.2 Å². The third-order valence-electron chi connectivity index (χ3n) is 6.19. The zero-order chi connectivity index (χ0) is 27.4. The lowest BCUT2D eigenvalue weighted by molar-refractivity contribution is -0.137. The molecule has 0 aliphatic carbocycles. The van der Waals surface area contributed by atoms with E-state index in [0.717, 1.165) is 12.1 Å². The number of halogens is 4. The highest BCUT2D eigenvalue weighted by Gasteiger charge is 2.31. The molecular formula is C25H26ClF3N6O3. The summed E-state index contributed by atoms with van der Waals surface area (Å²) < 4.78 is 46.8. The van der Waals surface area contributed by atoms with E-state index in [0.29, 0.717) is 67.0 Å². The Morgan fingerprint density at radius 1 is 1.13 bits per heavy atom. The van der Waals surface area contributed by atoms with Gasteiger partial charge in [0.15, 0.2) is 0 Å². The lowest BCUT2D eigenvalue weighted by atomic mass is 10.1. The van der Waals surface area contributed by atoms with Crippen LogP contribution in [-0.2, 0) is 13.2 Å². The Balaban J connectivity index is 1.50. The topological polar surface area (TPSA) is 106 Å². The fourth-order valence-corrected chi connectivity index (χ4v) is 4.42. The maximum absolute atomic E-state index is 13.1. The van der Waals surface area contributed by atoms with Gasteiger partial charge in [0.2, 0.25) is 0 Å². The van der Waals surface area contributed by atoms with E-state index in [1.807, 2.05) is 0 Å². The van der Waals surface area contributed by atoms with Crippen molar-refractivity contribution in [2.45, 2.75) is 6.18 Å². The molecular weight excluding hydrogens is 525 g/mol. The van der Waals surface area contributed by atoms with Crippen LogP contribution in [0, 0.1) is 0 Å². The number of alkyl halides is 3. The summed E-state index contributed by atoms with van der Waals surface area (Å²) in [6, 6.07) is 8.66. The molecule has 2 heterocycles. The Kier molecular flexibility index (Phi) is 8.12. The fourth-order valence-electron chi connectivity index (χ4n) is 4.15. The number of primary amides is 1. The molecule has 4 rings (SSSR count). The van der Waals surface area contributed by atoms with Crippen LogP contribution in [0.25, 0.3) is 11.3 Å². The quantitative estimate of drug-likeness (QED) is 0.461. The van der Waals surface area contributed by atoms with E-state index >= 15 is 0 Å². The highest BCUT2D eigenvalue weighted by molar-refractivity contribution is 6.33. The van der Waals surface area contributed by atoms with Crippen LogP contribution in [0.4, 0.5) is 23.7 Å². The minimum Gasteiger partial charge on any atom is -0.492 e. The van der Waals surface area contributed by atoms with Crippen molar-refractivity contribution in [1.29, 1.82) is 0 Å². The molecule has 9 nitrogen and oxygen atoms in total. The van der Waals surface area contributed by atoms with Gasteiger partial charge in [-0.25, -0.2) is 4.79 Å². The first-order valence-electron chi connectivity index (χ1n) is 11.7. The zero-order valence-electron chi connectivity index (χ0n) is 20.5. The van der Waals surface area contributed by atoms with Crippen LogP contribution in [0.1, 0.15) is 15.9 Å². The molecule has 1 aromatic heterocycles. The van der Waals surface area contributed by atoms with Gasteiger partial charge in [-0.2, -0.15) is 18.3 Å². The molecule has 0 atom stereocenters. The number of benzene rings is 2. The molecule has 3 N–H and O–H groups in total. The molecule has 1 aliphatic heterocycles. The second kappa shape index (κ2) is 11.3. The Morgan fingerprint density at radius 3 is 2.50 bits per heavy atom. The van der Waals surface area contributed by atoms with Crippen LogP contribution in [0.5, 0.6) is 5.75 Å². The summed E-state index contributed by atoms with van der Waals surface area (Å²) in [6.07, 6.45) is -3.08. The summed E-state index contributed by atoms with van der Waals surface area (Å²) in [7, 11) is 1.71. The number of nitrogens with zero attached hydrogens (tertiary/aromatic N) is 4. The number of anilines is 1. The molecule has 0 bridgehead atoms. The predicted molar refractivity (Wildman–Crippen MR) is 136 cm³/mol. The Labute approximate surface area is 221 Å². The third-order valence-corrected chi connectivity index (χ3v) is 6.46. The van der Waals surface area contributed by atoms with Crippen molar-refractivity contribution in [2.75, 3.05) is 44.6 Å². The van der Waals surface area contributed by atoms with Crippen molar-refractivity contribution in [3.05, 3.63) is 64.8 Å². The molecule has 1 aliphatic rings. The number of ether oxygens (including phenoxy) is 1. The maximum Gasteiger partial charge on any atom is 0.416 e. The average Bonchev–Trinajstić information content (AvgIpc) is 3.22. The number of carbonyl (C=O) groups excluding carboxylic acids is 2. The highest BCUT2D eigenvalue weighted by atomic mass is 35.5. The molecule has 1 saturated heterocycles. The molecule has 3 aromatic rings. The van der Waals surface area contributed by atoms with Gasteiger partial charge in [0, 0.05) is 56.6 Å². The number of aryl methyl sites for hydroxylation is 1. The summed E-state index contributed by atoms with van der Waals surface area (Å²) >= 11 is 6.38. The monoisotopic (exact) mass is 550 g/mol. The predicted octanol–water partition coefficient (Wildman–Crippen LogP) is 4.09. The molecule has 0 radical (unpaired) electrons. The Bertz CT molecular complexity index is 1300. The molecule has 2 aromatic carbocycles. The normalized spacial score (nSPS) is 14.4. The molecule has 3 amide bonds. The summed E-state index contributed by atoms with van der Waals surface area (Å²) in [5, 5.41) is 7.17. The number of nitrogens with one attached hydrogen (secondary N) is 1. The first-order valence-corrected chi connectivity index (χ1v) is 12.1. The summed E-state index contributed by atoms with van der Waals surface area (Å²) in [5.74, 6) is -0.203. The van der Waals surface area contributed by atoms with Crippen molar-refractivity contribution in [3.8, 4) is 17.0 Å². The third kappa shape index (κ3) is 6.37. The van der Waals surface area contributed by atoms with E-state index in [1.54, 1.807) is 34.8 Å². The SMILES string of the molecule is Cn1ncc(Cl)c1-c1cc(NC(=O)c2cccc(C(F)(F)F)c2)ccc1OCCN1CCN(C(N)=O)CC1. The largest absolute Gasteiger partial charge is 0.492 e. The number of nitrogens with two attached hydrogens (primary N) is 1. The number of rotatable bonds is 7. The van der Waals surface area contributed by atoms with E-state index in [4.69, 9.17) is 22.1 Å². The molecule has 0 unspecified atom stereocenters. The van der Waals surface area contributed by atoms with E-state index in [1.165, 1.54) is 18.3 Å². The van der Waals surface area contributed by atoms with Gasteiger partial charge in [0.1, 0.15) is 12.4 Å². The minimum absolute atomic E-state index is 0.128. The van der Waals surface area contributed by atoms with E-state index < -0.39 is 23.7 Å². The van der Waals surface area contributed by atoms with Crippen LogP contribution in [0.3, 0.4) is 0 Å². The maximum atomic E-state index is 13.1. The number of urea groups is 1. The molecule has 1 fully saturated rings. The van der Waals surface area contributed by atoms with Crippen molar-refractivity contribution in [2.24, 2.45) is 12.8 Å². The molecule has 0 spiro atoms. The molecule has 0 saturated carbocycles. The first-order chi connectivity index (χ1) is 18.0. The smallest absolute Gasteiger partial charge is 0.416 e. The van der Waals surface area contributed by atoms with Gasteiger partial charge in [-0.1, -0.05) is 17.7 Å². The van der Waals surface area contributed by atoms with Crippen LogP contribution < -0.4 is 15.8 Å². The fraction of sp³-hybridized carbons (Fsp3) is 0.320. The summed E-state index contributed by atoms with van der Waals surface area (Å²) in [5.41, 5.74) is 5.73. The van der Waals surface area contributed by atoms with Crippen LogP contribution >= 0.6 is 11.6 Å². The molecule has 202 valence electrons. The lowest BCUT2D eigenvalue weighted by Crippen LogP contribution is -2.51. The Morgan fingerprint density at radius 2 is 1.87 bits per heavy atom. The van der Waals surface area contributed by atoms with Crippen molar-refractivity contribution in [3.63, 3.8) is 0 Å². The zero-order valence-corrected chi connectivity index (χ0v) is 21.2. The standard InChI is InChI=1S/C25H26ClF3N6O3/c1-33-22(20(26)15-31-33)19-14-18(32-23(36)16-3-2-4-17(13-16)25(27,28)29)5-6-21(19)38-12-11-34-7-9-35(10-8-34)24(30)37/h2-6,13-15H,7-12H2,1H3,(H2,30,37)(H,32,36). The van der Waals surface area contributed by atoms with Crippen molar-refractivity contribution in [1.82, 2.24) is 19.6 Å². The average molecular weight is 551 g/mol. The van der Waals surface area contributed by atoms with E-state index in [2.05, 4.69) is 15.3 Å².